The molecule has 22 heavy (non-hydrogen) atoms. The van der Waals surface area contributed by atoms with Crippen LogP contribution >= 0.6 is 11.8 Å². The smallest absolute Gasteiger partial charge is 0.295 e. The lowest BCUT2D eigenvalue weighted by molar-refractivity contribution is -0.117. The second-order valence-corrected chi connectivity index (χ2v) is 6.67. The van der Waals surface area contributed by atoms with E-state index in [0.29, 0.717) is 22.7 Å². The van der Waals surface area contributed by atoms with Gasteiger partial charge in [-0.25, -0.2) is 4.98 Å². The van der Waals surface area contributed by atoms with Crippen LogP contribution in [0.1, 0.15) is 20.8 Å². The van der Waals surface area contributed by atoms with E-state index in [0.717, 1.165) is 16.5 Å². The minimum atomic E-state index is -0.512. The third-order valence-corrected chi connectivity index (χ3v) is 3.98. The predicted octanol–water partition coefficient (Wildman–Crippen LogP) is 1.45. The Hall–Kier alpha value is -2.02. The molecule has 0 fully saturated rings. The van der Waals surface area contributed by atoms with Gasteiger partial charge in [-0.3, -0.25) is 9.59 Å². The van der Waals surface area contributed by atoms with E-state index in [1.165, 1.54) is 0 Å². The maximum Gasteiger partial charge on any atom is 0.295 e. The van der Waals surface area contributed by atoms with E-state index in [1.54, 1.807) is 31.2 Å². The molecular formula is C15H19N3O3S. The van der Waals surface area contributed by atoms with E-state index in [-0.39, 0.29) is 11.5 Å². The second kappa shape index (κ2) is 6.83. The van der Waals surface area contributed by atoms with E-state index in [4.69, 9.17) is 10.6 Å². The number of para-hydroxylation sites is 1. The van der Waals surface area contributed by atoms with Crippen molar-refractivity contribution >= 4 is 28.6 Å². The molecule has 1 heterocycles. The topological polar surface area (TPSA) is 87.2 Å². The van der Waals surface area contributed by atoms with Gasteiger partial charge in [0.15, 0.2) is 0 Å². The SMILES string of the molecule is CC(C)COn1c(S[C@@H](C)C(N)=O)nc2ccccc2c1=O. The summed E-state index contributed by atoms with van der Waals surface area (Å²) in [7, 11) is 0. The molecule has 0 bridgehead atoms. The zero-order valence-electron chi connectivity index (χ0n) is 12.8. The van der Waals surface area contributed by atoms with Crippen LogP contribution in [0.4, 0.5) is 0 Å². The molecule has 1 aromatic carbocycles. The summed E-state index contributed by atoms with van der Waals surface area (Å²) in [6, 6.07) is 7.03. The Balaban J connectivity index is 2.52. The molecule has 118 valence electrons. The van der Waals surface area contributed by atoms with Crippen molar-refractivity contribution in [3.05, 3.63) is 34.6 Å². The summed E-state index contributed by atoms with van der Waals surface area (Å²) in [5.74, 6) is -0.215. The van der Waals surface area contributed by atoms with Crippen LogP contribution in [-0.4, -0.2) is 27.5 Å². The molecule has 0 saturated heterocycles. The Morgan fingerprint density at radius 3 is 2.68 bits per heavy atom. The quantitative estimate of drug-likeness (QED) is 0.643. The lowest BCUT2D eigenvalue weighted by atomic mass is 10.2. The molecule has 0 aliphatic carbocycles. The maximum atomic E-state index is 12.6. The third-order valence-electron chi connectivity index (χ3n) is 2.93. The summed E-state index contributed by atoms with van der Waals surface area (Å²) >= 11 is 1.11. The Bertz CT molecular complexity index is 742. The molecule has 0 saturated carbocycles. The fourth-order valence-electron chi connectivity index (χ4n) is 1.72. The first-order valence-corrected chi connectivity index (χ1v) is 7.89. The number of benzene rings is 1. The van der Waals surface area contributed by atoms with Crippen molar-refractivity contribution in [3.63, 3.8) is 0 Å². The molecule has 0 radical (unpaired) electrons. The molecule has 1 amide bonds. The second-order valence-electron chi connectivity index (χ2n) is 5.36. The van der Waals surface area contributed by atoms with Gasteiger partial charge in [0, 0.05) is 0 Å². The van der Waals surface area contributed by atoms with Gasteiger partial charge in [-0.05, 0) is 25.0 Å². The van der Waals surface area contributed by atoms with Crippen molar-refractivity contribution in [2.45, 2.75) is 31.2 Å². The fourth-order valence-corrected chi connectivity index (χ4v) is 2.54. The zero-order chi connectivity index (χ0) is 16.3. The predicted molar refractivity (Wildman–Crippen MR) is 86.8 cm³/mol. The van der Waals surface area contributed by atoms with Gasteiger partial charge >= 0.3 is 0 Å². The molecule has 1 atom stereocenters. The highest BCUT2D eigenvalue weighted by molar-refractivity contribution is 8.00. The number of carbonyl (C=O) groups is 1. The number of carbonyl (C=O) groups excluding carboxylic acids is 1. The number of fused-ring (bicyclic) bond motifs is 1. The first-order valence-electron chi connectivity index (χ1n) is 7.01. The average Bonchev–Trinajstić information content (AvgIpc) is 2.46. The van der Waals surface area contributed by atoms with Crippen molar-refractivity contribution in [2.24, 2.45) is 11.7 Å². The fraction of sp³-hybridized carbons (Fsp3) is 0.400. The zero-order valence-corrected chi connectivity index (χ0v) is 13.6. The number of hydrogen-bond donors (Lipinski definition) is 1. The van der Waals surface area contributed by atoms with Crippen LogP contribution in [0.25, 0.3) is 10.9 Å². The molecule has 2 aromatic rings. The van der Waals surface area contributed by atoms with Crippen molar-refractivity contribution in [3.8, 4) is 0 Å². The molecule has 2 N–H and O–H groups in total. The van der Waals surface area contributed by atoms with Gasteiger partial charge in [-0.1, -0.05) is 37.7 Å². The molecule has 0 spiro atoms. The van der Waals surface area contributed by atoms with E-state index in [2.05, 4.69) is 4.98 Å². The Kier molecular flexibility index (Phi) is 5.07. The van der Waals surface area contributed by atoms with Crippen LogP contribution in [0.15, 0.2) is 34.2 Å². The molecule has 2 rings (SSSR count). The van der Waals surface area contributed by atoms with E-state index in [1.807, 2.05) is 13.8 Å². The van der Waals surface area contributed by atoms with Crippen LogP contribution in [0.2, 0.25) is 0 Å². The number of nitrogens with two attached hydrogens (primary N) is 1. The molecule has 0 unspecified atom stereocenters. The molecule has 6 nitrogen and oxygen atoms in total. The minimum absolute atomic E-state index is 0.254. The summed E-state index contributed by atoms with van der Waals surface area (Å²) in [5.41, 5.74) is 5.57. The summed E-state index contributed by atoms with van der Waals surface area (Å²) < 4.78 is 1.16. The molecule has 0 aliphatic rings. The largest absolute Gasteiger partial charge is 0.408 e. The number of rotatable bonds is 6. The minimum Gasteiger partial charge on any atom is -0.408 e. The number of hydrogen-bond acceptors (Lipinski definition) is 5. The van der Waals surface area contributed by atoms with Gasteiger partial charge in [0.05, 0.1) is 16.2 Å². The van der Waals surface area contributed by atoms with Gasteiger partial charge in [0.1, 0.15) is 6.61 Å². The summed E-state index contributed by atoms with van der Waals surface area (Å²) in [4.78, 5) is 33.9. The maximum absolute atomic E-state index is 12.6. The van der Waals surface area contributed by atoms with Gasteiger partial charge in [0.2, 0.25) is 11.1 Å². The van der Waals surface area contributed by atoms with Crippen molar-refractivity contribution in [1.29, 1.82) is 0 Å². The normalized spacial score (nSPS) is 12.5. The summed E-state index contributed by atoms with van der Waals surface area (Å²) in [6.07, 6.45) is 0. The van der Waals surface area contributed by atoms with Crippen molar-refractivity contribution in [2.75, 3.05) is 6.61 Å². The van der Waals surface area contributed by atoms with Crippen LogP contribution in [0.5, 0.6) is 0 Å². The molecular weight excluding hydrogens is 302 g/mol. The van der Waals surface area contributed by atoms with E-state index in [9.17, 15) is 9.59 Å². The van der Waals surface area contributed by atoms with Gasteiger partial charge in [-0.15, -0.1) is 4.73 Å². The number of primary amides is 1. The third kappa shape index (κ3) is 3.59. The van der Waals surface area contributed by atoms with Crippen molar-refractivity contribution in [1.82, 2.24) is 9.71 Å². The van der Waals surface area contributed by atoms with Crippen LogP contribution < -0.4 is 16.1 Å². The van der Waals surface area contributed by atoms with Gasteiger partial charge in [-0.2, -0.15) is 0 Å². The summed E-state index contributed by atoms with van der Waals surface area (Å²) in [5, 5.41) is 0.292. The molecule has 1 aromatic heterocycles. The number of nitrogens with zero attached hydrogens (tertiary/aromatic N) is 2. The van der Waals surface area contributed by atoms with Crippen molar-refractivity contribution < 1.29 is 9.63 Å². The van der Waals surface area contributed by atoms with Crippen LogP contribution in [-0.2, 0) is 4.79 Å². The highest BCUT2D eigenvalue weighted by Gasteiger charge is 2.18. The Morgan fingerprint density at radius 1 is 1.36 bits per heavy atom. The summed E-state index contributed by atoms with van der Waals surface area (Å²) in [6.45, 7) is 6.01. The van der Waals surface area contributed by atoms with Gasteiger partial charge < -0.3 is 10.6 Å². The van der Waals surface area contributed by atoms with Gasteiger partial charge in [0.25, 0.3) is 5.56 Å². The lowest BCUT2D eigenvalue weighted by Gasteiger charge is -2.16. The first kappa shape index (κ1) is 16.4. The monoisotopic (exact) mass is 321 g/mol. The van der Waals surface area contributed by atoms with E-state index < -0.39 is 11.2 Å². The van der Waals surface area contributed by atoms with Crippen LogP contribution in [0.3, 0.4) is 0 Å². The average molecular weight is 321 g/mol. The highest BCUT2D eigenvalue weighted by atomic mass is 32.2. The lowest BCUT2D eigenvalue weighted by Crippen LogP contribution is -2.32. The number of aromatic nitrogens is 2. The molecule has 7 heteroatoms. The highest BCUT2D eigenvalue weighted by Crippen LogP contribution is 2.21. The first-order chi connectivity index (χ1) is 10.4. The Labute approximate surface area is 132 Å². The standard InChI is InChI=1S/C15H19N3O3S/c1-9(2)8-21-18-14(20)11-6-4-5-7-12(11)17-15(18)22-10(3)13(16)19/h4-7,9-10H,8H2,1-3H3,(H2,16,19)/t10-/m0/s1. The number of amides is 1. The Morgan fingerprint density at radius 2 is 2.05 bits per heavy atom. The molecule has 0 aliphatic heterocycles. The number of thioether (sulfide) groups is 1. The van der Waals surface area contributed by atoms with E-state index >= 15 is 0 Å². The van der Waals surface area contributed by atoms with Crippen LogP contribution in [0, 0.1) is 5.92 Å².